The Hall–Kier alpha value is -2.59. The molecule has 1 aliphatic carbocycles. The van der Waals surface area contributed by atoms with Crippen LogP contribution in [-0.4, -0.2) is 8.42 Å². The fourth-order valence-electron chi connectivity index (χ4n) is 4.14. The standard InChI is InChI=1S/C25H26O3S/c1-17-11-15-21(16-12-17)29(26,27)28-25-19(3)7-6-10-23(25)24-18(2)13-14-20-8-4-5-9-22(20)24/h6-7,10-16H,4-5,8-9H2,1-3H3. The van der Waals surface area contributed by atoms with Gasteiger partial charge in [-0.2, -0.15) is 8.42 Å². The normalized spacial score (nSPS) is 13.8. The molecule has 0 bridgehead atoms. The zero-order chi connectivity index (χ0) is 20.6. The second-order valence-corrected chi connectivity index (χ2v) is 9.45. The van der Waals surface area contributed by atoms with E-state index in [0.29, 0.717) is 5.75 Å². The van der Waals surface area contributed by atoms with Gasteiger partial charge >= 0.3 is 10.1 Å². The summed E-state index contributed by atoms with van der Waals surface area (Å²) in [6, 6.07) is 17.0. The minimum atomic E-state index is -3.92. The van der Waals surface area contributed by atoms with Crippen LogP contribution in [0.25, 0.3) is 11.1 Å². The maximum atomic E-state index is 13.0. The molecule has 29 heavy (non-hydrogen) atoms. The molecule has 0 spiro atoms. The topological polar surface area (TPSA) is 43.4 Å². The Bertz CT molecular complexity index is 1160. The predicted molar refractivity (Wildman–Crippen MR) is 117 cm³/mol. The first-order chi connectivity index (χ1) is 13.9. The minimum Gasteiger partial charge on any atom is -0.378 e. The average molecular weight is 407 g/mol. The average Bonchev–Trinajstić information content (AvgIpc) is 2.70. The zero-order valence-electron chi connectivity index (χ0n) is 17.2. The van der Waals surface area contributed by atoms with Crippen LogP contribution in [0.3, 0.4) is 0 Å². The van der Waals surface area contributed by atoms with Gasteiger partial charge in [0, 0.05) is 5.56 Å². The first-order valence-electron chi connectivity index (χ1n) is 10.1. The van der Waals surface area contributed by atoms with Crippen LogP contribution in [0.1, 0.15) is 40.7 Å². The predicted octanol–water partition coefficient (Wildman–Crippen LogP) is 5.93. The van der Waals surface area contributed by atoms with Crippen molar-refractivity contribution in [2.45, 2.75) is 51.3 Å². The van der Waals surface area contributed by atoms with Crippen LogP contribution in [0.2, 0.25) is 0 Å². The summed E-state index contributed by atoms with van der Waals surface area (Å²) in [5.74, 6) is 0.426. The third-order valence-corrected chi connectivity index (χ3v) is 6.96. The third-order valence-electron chi connectivity index (χ3n) is 5.73. The van der Waals surface area contributed by atoms with Gasteiger partial charge in [-0.15, -0.1) is 0 Å². The van der Waals surface area contributed by atoms with Gasteiger partial charge in [0.05, 0.1) is 0 Å². The Morgan fingerprint density at radius 2 is 1.52 bits per heavy atom. The molecule has 0 radical (unpaired) electrons. The highest BCUT2D eigenvalue weighted by Gasteiger charge is 2.24. The van der Waals surface area contributed by atoms with E-state index < -0.39 is 10.1 Å². The molecular weight excluding hydrogens is 380 g/mol. The van der Waals surface area contributed by atoms with Crippen LogP contribution in [-0.2, 0) is 23.0 Å². The molecule has 0 N–H and O–H groups in total. The molecule has 0 heterocycles. The van der Waals surface area contributed by atoms with Gasteiger partial charge in [0.2, 0.25) is 0 Å². The fraction of sp³-hybridized carbons (Fsp3) is 0.280. The molecule has 4 rings (SSSR count). The lowest BCUT2D eigenvalue weighted by Crippen LogP contribution is -2.12. The summed E-state index contributed by atoms with van der Waals surface area (Å²) >= 11 is 0. The third kappa shape index (κ3) is 3.82. The number of para-hydroxylation sites is 1. The molecule has 3 nitrogen and oxygen atoms in total. The van der Waals surface area contributed by atoms with Gasteiger partial charge in [-0.25, -0.2) is 0 Å². The Balaban J connectivity index is 1.85. The zero-order valence-corrected chi connectivity index (χ0v) is 18.0. The number of hydrogen-bond donors (Lipinski definition) is 0. The largest absolute Gasteiger partial charge is 0.378 e. The lowest BCUT2D eigenvalue weighted by molar-refractivity contribution is 0.485. The molecule has 0 aliphatic heterocycles. The van der Waals surface area contributed by atoms with E-state index in [9.17, 15) is 8.42 Å². The van der Waals surface area contributed by atoms with Crippen LogP contribution in [0.4, 0.5) is 0 Å². The van der Waals surface area contributed by atoms with Crippen molar-refractivity contribution in [2.75, 3.05) is 0 Å². The van der Waals surface area contributed by atoms with Gasteiger partial charge in [-0.1, -0.05) is 48.0 Å². The van der Waals surface area contributed by atoms with Crippen molar-refractivity contribution in [3.63, 3.8) is 0 Å². The maximum absolute atomic E-state index is 13.0. The SMILES string of the molecule is Cc1ccc(S(=O)(=O)Oc2c(C)cccc2-c2c(C)ccc3c2CCCC3)cc1. The number of aryl methyl sites for hydroxylation is 4. The second-order valence-electron chi connectivity index (χ2n) is 7.90. The minimum absolute atomic E-state index is 0.170. The van der Waals surface area contributed by atoms with E-state index in [1.54, 1.807) is 24.3 Å². The molecule has 0 aromatic heterocycles. The molecule has 0 amide bonds. The molecule has 0 unspecified atom stereocenters. The number of fused-ring (bicyclic) bond motifs is 1. The monoisotopic (exact) mass is 406 g/mol. The van der Waals surface area contributed by atoms with Gasteiger partial charge < -0.3 is 4.18 Å². The Labute approximate surface area is 173 Å². The summed E-state index contributed by atoms with van der Waals surface area (Å²) in [5.41, 5.74) is 7.65. The van der Waals surface area contributed by atoms with E-state index >= 15 is 0 Å². The van der Waals surface area contributed by atoms with Crippen molar-refractivity contribution >= 4 is 10.1 Å². The lowest BCUT2D eigenvalue weighted by atomic mass is 9.83. The van der Waals surface area contributed by atoms with Crippen molar-refractivity contribution in [1.29, 1.82) is 0 Å². The molecule has 0 fully saturated rings. The summed E-state index contributed by atoms with van der Waals surface area (Å²) in [6.07, 6.45) is 4.46. The van der Waals surface area contributed by atoms with Gasteiger partial charge in [-0.3, -0.25) is 0 Å². The molecule has 1 aliphatic rings. The van der Waals surface area contributed by atoms with Crippen molar-refractivity contribution in [1.82, 2.24) is 0 Å². The van der Waals surface area contributed by atoms with E-state index in [-0.39, 0.29) is 4.90 Å². The molecule has 0 saturated heterocycles. The summed E-state index contributed by atoms with van der Waals surface area (Å²) < 4.78 is 31.8. The van der Waals surface area contributed by atoms with Crippen LogP contribution >= 0.6 is 0 Å². The smallest absolute Gasteiger partial charge is 0.339 e. The van der Waals surface area contributed by atoms with Gasteiger partial charge in [-0.05, 0) is 86.4 Å². The number of hydrogen-bond acceptors (Lipinski definition) is 3. The van der Waals surface area contributed by atoms with Crippen LogP contribution in [0.5, 0.6) is 5.75 Å². The van der Waals surface area contributed by atoms with Gasteiger partial charge in [0.25, 0.3) is 0 Å². The molecule has 0 saturated carbocycles. The Morgan fingerprint density at radius 3 is 2.28 bits per heavy atom. The molecule has 3 aromatic carbocycles. The van der Waals surface area contributed by atoms with Crippen LogP contribution in [0.15, 0.2) is 59.5 Å². The Morgan fingerprint density at radius 1 is 0.793 bits per heavy atom. The van der Waals surface area contributed by atoms with Crippen molar-refractivity contribution in [3.05, 3.63) is 82.4 Å². The molecule has 150 valence electrons. The van der Waals surface area contributed by atoms with Crippen molar-refractivity contribution in [3.8, 4) is 16.9 Å². The highest BCUT2D eigenvalue weighted by molar-refractivity contribution is 7.87. The number of benzene rings is 3. The lowest BCUT2D eigenvalue weighted by Gasteiger charge is -2.23. The van der Waals surface area contributed by atoms with E-state index in [1.165, 1.54) is 17.5 Å². The molecule has 0 atom stereocenters. The van der Waals surface area contributed by atoms with Crippen LogP contribution in [0, 0.1) is 20.8 Å². The first kappa shape index (κ1) is 19.7. The Kier molecular flexibility index (Phi) is 5.22. The summed E-state index contributed by atoms with van der Waals surface area (Å²) in [4.78, 5) is 0.170. The molecule has 3 aromatic rings. The van der Waals surface area contributed by atoms with E-state index in [2.05, 4.69) is 19.1 Å². The van der Waals surface area contributed by atoms with Crippen molar-refractivity contribution in [2.24, 2.45) is 0 Å². The number of rotatable bonds is 4. The van der Waals surface area contributed by atoms with Crippen molar-refractivity contribution < 1.29 is 12.6 Å². The summed E-state index contributed by atoms with van der Waals surface area (Å²) in [5, 5.41) is 0. The molecular formula is C25H26O3S. The van der Waals surface area contributed by atoms with Crippen LogP contribution < -0.4 is 4.18 Å². The van der Waals surface area contributed by atoms with Gasteiger partial charge in [0.15, 0.2) is 5.75 Å². The highest BCUT2D eigenvalue weighted by Crippen LogP contribution is 2.41. The summed E-state index contributed by atoms with van der Waals surface area (Å²) in [6.45, 7) is 5.91. The van der Waals surface area contributed by atoms with E-state index in [1.807, 2.05) is 32.0 Å². The fourth-order valence-corrected chi connectivity index (χ4v) is 5.15. The first-order valence-corrected chi connectivity index (χ1v) is 11.5. The second kappa shape index (κ2) is 7.68. The highest BCUT2D eigenvalue weighted by atomic mass is 32.2. The van der Waals surface area contributed by atoms with E-state index in [4.69, 9.17) is 4.18 Å². The van der Waals surface area contributed by atoms with E-state index in [0.717, 1.165) is 47.1 Å². The maximum Gasteiger partial charge on any atom is 0.339 e. The quantitative estimate of drug-likeness (QED) is 0.505. The summed E-state index contributed by atoms with van der Waals surface area (Å²) in [7, 11) is -3.92. The molecule has 4 heteroatoms. The van der Waals surface area contributed by atoms with Gasteiger partial charge in [0.1, 0.15) is 4.90 Å².